The van der Waals surface area contributed by atoms with E-state index < -0.39 is 0 Å². The van der Waals surface area contributed by atoms with Gasteiger partial charge in [0.25, 0.3) is 0 Å². The number of nitrogens with zero attached hydrogens (tertiary/aromatic N) is 2. The number of nitrogens with one attached hydrogen (secondary N) is 1. The van der Waals surface area contributed by atoms with Gasteiger partial charge in [0.1, 0.15) is 11.6 Å². The third kappa shape index (κ3) is 4.61. The molecule has 4 aromatic rings. The van der Waals surface area contributed by atoms with Crippen LogP contribution >= 0.6 is 23.2 Å². The topological polar surface area (TPSA) is 47.0 Å². The van der Waals surface area contributed by atoms with Gasteiger partial charge in [-0.2, -0.15) is 0 Å². The van der Waals surface area contributed by atoms with Crippen LogP contribution in [0.2, 0.25) is 10.0 Å². The van der Waals surface area contributed by atoms with Crippen molar-refractivity contribution in [3.8, 4) is 17.1 Å². The summed E-state index contributed by atoms with van der Waals surface area (Å²) >= 11 is 12.3. The molecule has 146 valence electrons. The largest absolute Gasteiger partial charge is 0.491 e. The van der Waals surface area contributed by atoms with Crippen LogP contribution in [0.4, 0.5) is 11.5 Å². The Morgan fingerprint density at radius 2 is 1.55 bits per heavy atom. The van der Waals surface area contributed by atoms with Gasteiger partial charge in [-0.05, 0) is 68.4 Å². The first-order chi connectivity index (χ1) is 14.0. The maximum Gasteiger partial charge on any atom is 0.162 e. The zero-order valence-corrected chi connectivity index (χ0v) is 17.5. The smallest absolute Gasteiger partial charge is 0.162 e. The van der Waals surface area contributed by atoms with Crippen LogP contribution in [0.15, 0.2) is 66.7 Å². The maximum absolute atomic E-state index is 6.14. The SMILES string of the molecule is CC(C)Oc1ccc(-c2nc(Nc3cc(Cl)cc(Cl)c3)c3ccccc3n2)cc1. The maximum atomic E-state index is 6.14. The molecule has 0 unspecified atom stereocenters. The van der Waals surface area contributed by atoms with E-state index in [9.17, 15) is 0 Å². The van der Waals surface area contributed by atoms with Crippen LogP contribution in [0.5, 0.6) is 5.75 Å². The fourth-order valence-electron chi connectivity index (χ4n) is 3.02. The highest BCUT2D eigenvalue weighted by atomic mass is 35.5. The molecule has 1 N–H and O–H groups in total. The summed E-state index contributed by atoms with van der Waals surface area (Å²) in [6, 6.07) is 20.9. The Labute approximate surface area is 179 Å². The van der Waals surface area contributed by atoms with Crippen LogP contribution in [-0.4, -0.2) is 16.1 Å². The summed E-state index contributed by atoms with van der Waals surface area (Å²) in [7, 11) is 0. The molecule has 3 aromatic carbocycles. The quantitative estimate of drug-likeness (QED) is 0.370. The van der Waals surface area contributed by atoms with Crippen molar-refractivity contribution in [2.24, 2.45) is 0 Å². The van der Waals surface area contributed by atoms with Gasteiger partial charge in [0, 0.05) is 26.7 Å². The number of anilines is 2. The summed E-state index contributed by atoms with van der Waals surface area (Å²) in [5.74, 6) is 2.12. The lowest BCUT2D eigenvalue weighted by Crippen LogP contribution is -2.05. The molecule has 1 heterocycles. The van der Waals surface area contributed by atoms with Crippen molar-refractivity contribution in [3.63, 3.8) is 0 Å². The third-order valence-electron chi connectivity index (χ3n) is 4.21. The molecule has 29 heavy (non-hydrogen) atoms. The van der Waals surface area contributed by atoms with Crippen LogP contribution in [0.3, 0.4) is 0 Å². The number of para-hydroxylation sites is 1. The van der Waals surface area contributed by atoms with Gasteiger partial charge in [0.15, 0.2) is 5.82 Å². The molecule has 1 aromatic heterocycles. The Kier molecular flexibility index (Phi) is 5.56. The van der Waals surface area contributed by atoms with Gasteiger partial charge in [0.05, 0.1) is 11.6 Å². The molecular formula is C23H19Cl2N3O. The van der Waals surface area contributed by atoms with Gasteiger partial charge in [0.2, 0.25) is 0 Å². The van der Waals surface area contributed by atoms with Crippen molar-refractivity contribution in [2.45, 2.75) is 20.0 Å². The molecule has 0 aliphatic rings. The van der Waals surface area contributed by atoms with E-state index in [4.69, 9.17) is 37.9 Å². The summed E-state index contributed by atoms with van der Waals surface area (Å²) in [5.41, 5.74) is 2.51. The molecule has 6 heteroatoms. The van der Waals surface area contributed by atoms with E-state index in [0.29, 0.717) is 21.7 Å². The van der Waals surface area contributed by atoms with Crippen molar-refractivity contribution < 1.29 is 4.74 Å². The minimum Gasteiger partial charge on any atom is -0.491 e. The summed E-state index contributed by atoms with van der Waals surface area (Å²) < 4.78 is 5.72. The molecule has 4 nitrogen and oxygen atoms in total. The summed E-state index contributed by atoms with van der Waals surface area (Å²) in [4.78, 5) is 9.50. The highest BCUT2D eigenvalue weighted by Crippen LogP contribution is 2.30. The van der Waals surface area contributed by atoms with Crippen molar-refractivity contribution in [1.29, 1.82) is 0 Å². The lowest BCUT2D eigenvalue weighted by atomic mass is 10.1. The summed E-state index contributed by atoms with van der Waals surface area (Å²) in [6.45, 7) is 4.00. The van der Waals surface area contributed by atoms with Gasteiger partial charge in [-0.3, -0.25) is 0 Å². The summed E-state index contributed by atoms with van der Waals surface area (Å²) in [5, 5.41) is 5.35. The number of ether oxygens (including phenoxy) is 1. The molecule has 0 saturated heterocycles. The van der Waals surface area contributed by atoms with E-state index in [0.717, 1.165) is 27.9 Å². The Morgan fingerprint density at radius 3 is 2.24 bits per heavy atom. The number of aromatic nitrogens is 2. The zero-order chi connectivity index (χ0) is 20.4. The molecule has 0 aliphatic heterocycles. The minimum absolute atomic E-state index is 0.123. The first kappa shape index (κ1) is 19.5. The van der Waals surface area contributed by atoms with Crippen molar-refractivity contribution >= 4 is 45.6 Å². The normalized spacial score (nSPS) is 11.1. The highest BCUT2D eigenvalue weighted by Gasteiger charge is 2.11. The number of hydrogen-bond acceptors (Lipinski definition) is 4. The van der Waals surface area contributed by atoms with Gasteiger partial charge in [-0.25, -0.2) is 9.97 Å². The van der Waals surface area contributed by atoms with Gasteiger partial charge in [-0.1, -0.05) is 35.3 Å². The van der Waals surface area contributed by atoms with Crippen molar-refractivity contribution in [1.82, 2.24) is 9.97 Å². The lowest BCUT2D eigenvalue weighted by molar-refractivity contribution is 0.242. The molecular weight excluding hydrogens is 405 g/mol. The first-order valence-electron chi connectivity index (χ1n) is 9.25. The number of rotatable bonds is 5. The fourth-order valence-corrected chi connectivity index (χ4v) is 3.54. The average Bonchev–Trinajstić information content (AvgIpc) is 2.67. The summed E-state index contributed by atoms with van der Waals surface area (Å²) in [6.07, 6.45) is 0.123. The van der Waals surface area contributed by atoms with Crippen molar-refractivity contribution in [3.05, 3.63) is 76.8 Å². The van der Waals surface area contributed by atoms with E-state index >= 15 is 0 Å². The Bertz CT molecular complexity index is 1140. The molecule has 0 radical (unpaired) electrons. The van der Waals surface area contributed by atoms with Crippen LogP contribution < -0.4 is 10.1 Å². The van der Waals surface area contributed by atoms with Crippen LogP contribution in [0, 0.1) is 0 Å². The van der Waals surface area contributed by atoms with Gasteiger partial charge >= 0.3 is 0 Å². The van der Waals surface area contributed by atoms with E-state index in [-0.39, 0.29) is 6.10 Å². The third-order valence-corrected chi connectivity index (χ3v) is 4.65. The Balaban J connectivity index is 1.76. The van der Waals surface area contributed by atoms with Crippen molar-refractivity contribution in [2.75, 3.05) is 5.32 Å². The molecule has 4 rings (SSSR count). The molecule has 0 bridgehead atoms. The van der Waals surface area contributed by atoms with E-state index in [1.807, 2.05) is 74.5 Å². The van der Waals surface area contributed by atoms with Crippen LogP contribution in [0.25, 0.3) is 22.3 Å². The predicted octanol–water partition coefficient (Wildman–Crippen LogP) is 7.13. The van der Waals surface area contributed by atoms with Crippen LogP contribution in [0.1, 0.15) is 13.8 Å². The second kappa shape index (κ2) is 8.27. The zero-order valence-electron chi connectivity index (χ0n) is 16.0. The number of fused-ring (bicyclic) bond motifs is 1. The first-order valence-corrected chi connectivity index (χ1v) is 10.0. The molecule has 0 atom stereocenters. The molecule has 0 aliphatic carbocycles. The second-order valence-corrected chi connectivity index (χ2v) is 7.76. The molecule has 0 amide bonds. The standard InChI is InChI=1S/C23H19Cl2N3O/c1-14(2)29-19-9-7-15(8-10-19)22-27-21-6-4-3-5-20(21)23(28-22)26-18-12-16(24)11-17(25)13-18/h3-14H,1-2H3,(H,26,27,28). The number of benzene rings is 3. The molecule has 0 saturated carbocycles. The molecule has 0 fully saturated rings. The number of hydrogen-bond donors (Lipinski definition) is 1. The Hall–Kier alpha value is -2.82. The van der Waals surface area contributed by atoms with Gasteiger partial charge in [-0.15, -0.1) is 0 Å². The Morgan fingerprint density at radius 1 is 0.862 bits per heavy atom. The minimum atomic E-state index is 0.123. The van der Waals surface area contributed by atoms with E-state index in [1.165, 1.54) is 0 Å². The van der Waals surface area contributed by atoms with E-state index in [2.05, 4.69) is 5.32 Å². The van der Waals surface area contributed by atoms with E-state index in [1.54, 1.807) is 6.07 Å². The van der Waals surface area contributed by atoms with Gasteiger partial charge < -0.3 is 10.1 Å². The second-order valence-electron chi connectivity index (χ2n) is 6.89. The average molecular weight is 424 g/mol. The lowest BCUT2D eigenvalue weighted by Gasteiger charge is -2.13. The number of halogens is 2. The fraction of sp³-hybridized carbons (Fsp3) is 0.130. The monoisotopic (exact) mass is 423 g/mol. The molecule has 0 spiro atoms. The highest BCUT2D eigenvalue weighted by molar-refractivity contribution is 6.35. The predicted molar refractivity (Wildman–Crippen MR) is 120 cm³/mol. The van der Waals surface area contributed by atoms with Crippen LogP contribution in [-0.2, 0) is 0 Å².